The van der Waals surface area contributed by atoms with Crippen molar-refractivity contribution < 1.29 is 0 Å². The van der Waals surface area contributed by atoms with Crippen LogP contribution >= 0.6 is 0 Å². The van der Waals surface area contributed by atoms with Crippen LogP contribution in [0.4, 0.5) is 0 Å². The van der Waals surface area contributed by atoms with Gasteiger partial charge in [-0.25, -0.2) is 0 Å². The van der Waals surface area contributed by atoms with Gasteiger partial charge in [-0.3, -0.25) is 0 Å². The van der Waals surface area contributed by atoms with Crippen molar-refractivity contribution in [1.82, 2.24) is 9.55 Å². The molecule has 8 rings (SSSR count). The lowest BCUT2D eigenvalue weighted by Gasteiger charge is -2.15. The second-order valence-electron chi connectivity index (χ2n) is 10.4. The number of H-pyrrole nitrogens is 1. The zero-order chi connectivity index (χ0) is 25.9. The van der Waals surface area contributed by atoms with Crippen LogP contribution in [0.25, 0.3) is 71.6 Å². The number of aromatic nitrogens is 2. The van der Waals surface area contributed by atoms with E-state index in [1.165, 1.54) is 71.6 Å². The van der Waals surface area contributed by atoms with E-state index in [1.54, 1.807) is 0 Å². The first-order valence-corrected chi connectivity index (χ1v) is 13.5. The first-order chi connectivity index (χ1) is 19.3. The molecule has 2 heteroatoms. The van der Waals surface area contributed by atoms with Crippen LogP contribution in [0.2, 0.25) is 0 Å². The Balaban J connectivity index is 1.49. The van der Waals surface area contributed by atoms with Crippen molar-refractivity contribution in [2.45, 2.75) is 6.92 Å². The van der Waals surface area contributed by atoms with Gasteiger partial charge in [-0.05, 0) is 65.6 Å². The van der Waals surface area contributed by atoms with Gasteiger partial charge >= 0.3 is 0 Å². The molecule has 0 radical (unpaired) electrons. The second-order valence-corrected chi connectivity index (χ2v) is 10.4. The third-order valence-electron chi connectivity index (χ3n) is 8.05. The molecule has 1 N–H and O–H groups in total. The standard InChI is InChI=1S/C37H26N2/c1-24-20-33-31(21-29(24)25-12-4-2-5-13-25)32-22-30(26-14-6-3-7-15-26)37(23-34(32)38-33)39-35-18-10-8-16-27(35)28-17-9-11-19-36(28)39/h2-23,38H,1H3. The molecule has 0 fully saturated rings. The minimum Gasteiger partial charge on any atom is -0.354 e. The van der Waals surface area contributed by atoms with E-state index in [1.807, 2.05) is 0 Å². The highest BCUT2D eigenvalue weighted by molar-refractivity contribution is 6.13. The number of aryl methyl sites for hydroxylation is 1. The van der Waals surface area contributed by atoms with Gasteiger partial charge in [-0.1, -0.05) is 97.1 Å². The maximum atomic E-state index is 3.76. The van der Waals surface area contributed by atoms with E-state index in [2.05, 4.69) is 150 Å². The number of hydrogen-bond donors (Lipinski definition) is 1. The summed E-state index contributed by atoms with van der Waals surface area (Å²) in [4.78, 5) is 3.76. The van der Waals surface area contributed by atoms with Gasteiger partial charge in [0.2, 0.25) is 0 Å². The normalized spacial score (nSPS) is 11.7. The maximum absolute atomic E-state index is 3.76. The summed E-state index contributed by atoms with van der Waals surface area (Å²) in [5.41, 5.74) is 12.1. The van der Waals surface area contributed by atoms with E-state index in [4.69, 9.17) is 0 Å². The number of fused-ring (bicyclic) bond motifs is 6. The highest BCUT2D eigenvalue weighted by Gasteiger charge is 2.18. The third kappa shape index (κ3) is 3.35. The van der Waals surface area contributed by atoms with E-state index in [9.17, 15) is 0 Å². The average molecular weight is 499 g/mol. The minimum atomic E-state index is 1.14. The van der Waals surface area contributed by atoms with Crippen LogP contribution < -0.4 is 0 Å². The summed E-state index contributed by atoms with van der Waals surface area (Å²) >= 11 is 0. The first-order valence-electron chi connectivity index (χ1n) is 13.5. The highest BCUT2D eigenvalue weighted by atomic mass is 15.0. The monoisotopic (exact) mass is 498 g/mol. The SMILES string of the molecule is Cc1cc2[nH]c3cc(-n4c5ccccc5c5ccccc54)c(-c4ccccc4)cc3c2cc1-c1ccccc1. The molecule has 0 unspecified atom stereocenters. The Labute approximate surface area is 226 Å². The second kappa shape index (κ2) is 8.47. The Hall–Kier alpha value is -5.08. The lowest BCUT2D eigenvalue weighted by atomic mass is 9.96. The fourth-order valence-electron chi connectivity index (χ4n) is 6.24. The quantitative estimate of drug-likeness (QED) is 0.250. The Kier molecular flexibility index (Phi) is 4.77. The smallest absolute Gasteiger partial charge is 0.0561 e. The largest absolute Gasteiger partial charge is 0.354 e. The lowest BCUT2D eigenvalue weighted by Crippen LogP contribution is -1.97. The summed E-state index contributed by atoms with van der Waals surface area (Å²) in [6, 6.07) is 48.3. The van der Waals surface area contributed by atoms with Crippen LogP contribution in [0, 0.1) is 6.92 Å². The van der Waals surface area contributed by atoms with Gasteiger partial charge in [-0.2, -0.15) is 0 Å². The number of hydrogen-bond acceptors (Lipinski definition) is 0. The Bertz CT molecular complexity index is 2110. The van der Waals surface area contributed by atoms with Gasteiger partial charge in [-0.15, -0.1) is 0 Å². The number of nitrogens with one attached hydrogen (secondary N) is 1. The van der Waals surface area contributed by atoms with E-state index in [-0.39, 0.29) is 0 Å². The highest BCUT2D eigenvalue weighted by Crippen LogP contribution is 2.40. The van der Waals surface area contributed by atoms with E-state index in [0.29, 0.717) is 0 Å². The summed E-state index contributed by atoms with van der Waals surface area (Å²) in [6.07, 6.45) is 0. The van der Waals surface area contributed by atoms with Gasteiger partial charge in [0.15, 0.2) is 0 Å². The number of benzene rings is 6. The molecule has 0 saturated carbocycles. The molecule has 6 aromatic carbocycles. The zero-order valence-electron chi connectivity index (χ0n) is 21.6. The topological polar surface area (TPSA) is 20.7 Å². The number of rotatable bonds is 3. The van der Waals surface area contributed by atoms with Crippen molar-refractivity contribution in [1.29, 1.82) is 0 Å². The summed E-state index contributed by atoms with van der Waals surface area (Å²) in [5.74, 6) is 0. The molecule has 0 atom stereocenters. The van der Waals surface area contributed by atoms with Crippen molar-refractivity contribution in [3.05, 3.63) is 139 Å². The molecule has 39 heavy (non-hydrogen) atoms. The van der Waals surface area contributed by atoms with Crippen LogP contribution in [-0.4, -0.2) is 9.55 Å². The van der Waals surface area contributed by atoms with E-state index < -0.39 is 0 Å². The zero-order valence-corrected chi connectivity index (χ0v) is 21.6. The number of nitrogens with zero attached hydrogens (tertiary/aromatic N) is 1. The summed E-state index contributed by atoms with van der Waals surface area (Å²) in [7, 11) is 0. The minimum absolute atomic E-state index is 1.14. The summed E-state index contributed by atoms with van der Waals surface area (Å²) in [5, 5.41) is 5.03. The van der Waals surface area contributed by atoms with Crippen molar-refractivity contribution >= 4 is 43.6 Å². The fraction of sp³-hybridized carbons (Fsp3) is 0.0270. The van der Waals surface area contributed by atoms with Crippen LogP contribution in [0.15, 0.2) is 133 Å². The molecule has 0 aliphatic rings. The van der Waals surface area contributed by atoms with Gasteiger partial charge in [0, 0.05) is 38.1 Å². The van der Waals surface area contributed by atoms with Crippen LogP contribution in [-0.2, 0) is 0 Å². The predicted molar refractivity (Wildman–Crippen MR) is 166 cm³/mol. The molecule has 184 valence electrons. The first kappa shape index (κ1) is 22.0. The van der Waals surface area contributed by atoms with Crippen molar-refractivity contribution in [3.8, 4) is 27.9 Å². The van der Waals surface area contributed by atoms with Crippen molar-refractivity contribution in [2.24, 2.45) is 0 Å². The Morgan fingerprint density at radius 2 is 0.949 bits per heavy atom. The molecule has 0 aliphatic carbocycles. The molecule has 2 nitrogen and oxygen atoms in total. The molecule has 2 aromatic heterocycles. The van der Waals surface area contributed by atoms with Gasteiger partial charge < -0.3 is 9.55 Å². The predicted octanol–water partition coefficient (Wildman–Crippen LogP) is 10.1. The van der Waals surface area contributed by atoms with Crippen molar-refractivity contribution in [3.63, 3.8) is 0 Å². The van der Waals surface area contributed by atoms with E-state index in [0.717, 1.165) is 5.52 Å². The summed E-state index contributed by atoms with van der Waals surface area (Å²) in [6.45, 7) is 2.20. The molecule has 2 heterocycles. The Morgan fingerprint density at radius 1 is 0.462 bits per heavy atom. The van der Waals surface area contributed by atoms with Crippen LogP contribution in [0.1, 0.15) is 5.56 Å². The molecule has 0 bridgehead atoms. The number of para-hydroxylation sites is 2. The average Bonchev–Trinajstić information content (AvgIpc) is 3.51. The van der Waals surface area contributed by atoms with Gasteiger partial charge in [0.05, 0.1) is 16.7 Å². The number of aromatic amines is 1. The molecule has 0 aliphatic heterocycles. The molecular formula is C37H26N2. The van der Waals surface area contributed by atoms with Gasteiger partial charge in [0.25, 0.3) is 0 Å². The Morgan fingerprint density at radius 3 is 1.56 bits per heavy atom. The van der Waals surface area contributed by atoms with Crippen LogP contribution in [0.5, 0.6) is 0 Å². The molecule has 0 saturated heterocycles. The summed E-state index contributed by atoms with van der Waals surface area (Å²) < 4.78 is 2.43. The third-order valence-corrected chi connectivity index (χ3v) is 8.05. The van der Waals surface area contributed by atoms with E-state index >= 15 is 0 Å². The fourth-order valence-corrected chi connectivity index (χ4v) is 6.24. The maximum Gasteiger partial charge on any atom is 0.0561 e. The molecule has 0 spiro atoms. The molecule has 0 amide bonds. The molecular weight excluding hydrogens is 472 g/mol. The molecule has 8 aromatic rings. The van der Waals surface area contributed by atoms with Crippen LogP contribution in [0.3, 0.4) is 0 Å². The van der Waals surface area contributed by atoms with Crippen molar-refractivity contribution in [2.75, 3.05) is 0 Å². The lowest BCUT2D eigenvalue weighted by molar-refractivity contribution is 1.19. The van der Waals surface area contributed by atoms with Gasteiger partial charge in [0.1, 0.15) is 0 Å².